The Hall–Kier alpha value is -2.27. The van der Waals surface area contributed by atoms with E-state index in [4.69, 9.17) is 11.6 Å². The molecule has 2 unspecified atom stereocenters. The number of benzene rings is 1. The van der Waals surface area contributed by atoms with Gasteiger partial charge in [-0.1, -0.05) is 6.42 Å². The molecular weight excluding hydrogens is 401 g/mol. The summed E-state index contributed by atoms with van der Waals surface area (Å²) in [5.41, 5.74) is 3.36. The van der Waals surface area contributed by atoms with Gasteiger partial charge >= 0.3 is 0 Å². The first kappa shape index (κ1) is 21.0. The van der Waals surface area contributed by atoms with Gasteiger partial charge in [-0.25, -0.2) is 9.67 Å². The van der Waals surface area contributed by atoms with Crippen LogP contribution in [0, 0.1) is 32.6 Å². The highest BCUT2D eigenvalue weighted by Gasteiger charge is 2.21. The quantitative estimate of drug-likeness (QED) is 0.305. The fourth-order valence-corrected chi connectivity index (χ4v) is 4.61. The van der Waals surface area contributed by atoms with Crippen LogP contribution in [0.5, 0.6) is 0 Å². The summed E-state index contributed by atoms with van der Waals surface area (Å²) in [5.74, 6) is -0.219. The lowest BCUT2D eigenvalue weighted by atomic mass is 9.99. The molecule has 0 aliphatic heterocycles. The van der Waals surface area contributed by atoms with E-state index in [-0.39, 0.29) is 10.9 Å². The summed E-state index contributed by atoms with van der Waals surface area (Å²) < 4.78 is 16.3. The van der Waals surface area contributed by atoms with E-state index in [1.807, 2.05) is 26.0 Å². The summed E-state index contributed by atoms with van der Waals surface area (Å²) in [7, 11) is 0. The Bertz CT molecular complexity index is 1160. The fraction of sp³-hybridized carbons (Fsp3) is 0.458. The molecule has 0 saturated heterocycles. The molecule has 1 saturated carbocycles. The van der Waals surface area contributed by atoms with Crippen LogP contribution in [0.25, 0.3) is 22.0 Å². The molecule has 1 aliphatic rings. The van der Waals surface area contributed by atoms with E-state index < -0.39 is 5.95 Å². The zero-order valence-electron chi connectivity index (χ0n) is 17.7. The molecule has 1 fully saturated rings. The summed E-state index contributed by atoms with van der Waals surface area (Å²) in [6.45, 7) is 6.25. The van der Waals surface area contributed by atoms with Crippen molar-refractivity contribution < 1.29 is 4.39 Å². The first-order valence-corrected chi connectivity index (χ1v) is 11.1. The molecule has 1 aromatic carbocycles. The molecule has 0 N–H and O–H groups in total. The molecule has 0 spiro atoms. The molecule has 6 heteroatoms. The van der Waals surface area contributed by atoms with Gasteiger partial charge in [0.2, 0.25) is 5.95 Å². The Kier molecular flexibility index (Phi) is 5.92. The Morgan fingerprint density at radius 3 is 2.53 bits per heavy atom. The summed E-state index contributed by atoms with van der Waals surface area (Å²) in [5, 5.41) is 6.13. The first-order chi connectivity index (χ1) is 14.3. The summed E-state index contributed by atoms with van der Waals surface area (Å²) in [4.78, 5) is 17.3. The standard InChI is InChI=1S/C24H27ClFN3O/c1-14-11-20-21(12-15(14)2)24(30)29(13-17-5-4-6-18(25)9-8-17)28-22(20)19-10-7-16(3)27-23(19)26/h7,10-12,17-18H,4-6,8-9,13H2,1-3H3. The Balaban J connectivity index is 1.88. The number of halogens is 2. The lowest BCUT2D eigenvalue weighted by Gasteiger charge is -2.18. The molecule has 0 amide bonds. The van der Waals surface area contributed by atoms with Crippen molar-refractivity contribution in [2.75, 3.05) is 0 Å². The largest absolute Gasteiger partial charge is 0.274 e. The van der Waals surface area contributed by atoms with Crippen LogP contribution in [0.15, 0.2) is 29.1 Å². The van der Waals surface area contributed by atoms with Crippen LogP contribution < -0.4 is 5.56 Å². The minimum Gasteiger partial charge on any atom is -0.267 e. The van der Waals surface area contributed by atoms with E-state index in [1.54, 1.807) is 19.1 Å². The average Bonchev–Trinajstić information content (AvgIpc) is 2.90. The van der Waals surface area contributed by atoms with Gasteiger partial charge in [-0.15, -0.1) is 11.6 Å². The van der Waals surface area contributed by atoms with Crippen LogP contribution in [-0.4, -0.2) is 20.1 Å². The molecule has 4 rings (SSSR count). The van der Waals surface area contributed by atoms with E-state index in [0.717, 1.165) is 43.2 Å². The monoisotopic (exact) mass is 427 g/mol. The number of aromatic nitrogens is 3. The molecule has 1 aliphatic carbocycles. The van der Waals surface area contributed by atoms with Gasteiger partial charge < -0.3 is 0 Å². The zero-order valence-corrected chi connectivity index (χ0v) is 18.5. The van der Waals surface area contributed by atoms with E-state index >= 15 is 0 Å². The Morgan fingerprint density at radius 1 is 1.07 bits per heavy atom. The van der Waals surface area contributed by atoms with Gasteiger partial charge in [-0.3, -0.25) is 4.79 Å². The predicted molar refractivity (Wildman–Crippen MR) is 120 cm³/mol. The molecule has 2 aromatic heterocycles. The highest BCUT2D eigenvalue weighted by Crippen LogP contribution is 2.30. The Morgan fingerprint density at radius 2 is 1.80 bits per heavy atom. The maximum atomic E-state index is 14.8. The molecule has 2 atom stereocenters. The normalized spacial score (nSPS) is 19.8. The van der Waals surface area contributed by atoms with Crippen molar-refractivity contribution in [3.8, 4) is 11.3 Å². The predicted octanol–water partition coefficient (Wildman–Crippen LogP) is 5.71. The number of pyridine rings is 1. The topological polar surface area (TPSA) is 47.8 Å². The number of hydrogen-bond acceptors (Lipinski definition) is 3. The third-order valence-corrected chi connectivity index (χ3v) is 6.70. The minimum atomic E-state index is -0.563. The maximum Gasteiger partial charge on any atom is 0.274 e. The summed E-state index contributed by atoms with van der Waals surface area (Å²) in [6, 6.07) is 7.30. The van der Waals surface area contributed by atoms with Gasteiger partial charge in [-0.2, -0.15) is 9.49 Å². The minimum absolute atomic E-state index is 0.121. The van der Waals surface area contributed by atoms with Crippen LogP contribution in [0.2, 0.25) is 0 Å². The second-order valence-electron chi connectivity index (χ2n) is 8.58. The van der Waals surface area contributed by atoms with Crippen molar-refractivity contribution in [2.24, 2.45) is 5.92 Å². The Labute approximate surface area is 181 Å². The van der Waals surface area contributed by atoms with Gasteiger partial charge in [0, 0.05) is 23.0 Å². The van der Waals surface area contributed by atoms with E-state index in [0.29, 0.717) is 40.2 Å². The van der Waals surface area contributed by atoms with Crippen molar-refractivity contribution in [1.82, 2.24) is 14.8 Å². The van der Waals surface area contributed by atoms with E-state index in [9.17, 15) is 9.18 Å². The number of aryl methyl sites for hydroxylation is 3. The summed E-state index contributed by atoms with van der Waals surface area (Å²) in [6.07, 6.45) is 5.03. The third-order valence-electron chi connectivity index (χ3n) is 6.27. The smallest absolute Gasteiger partial charge is 0.267 e. The number of hydrogen-bond donors (Lipinski definition) is 0. The molecule has 2 heterocycles. The van der Waals surface area contributed by atoms with Crippen molar-refractivity contribution in [2.45, 2.75) is 64.8 Å². The number of fused-ring (bicyclic) bond motifs is 1. The van der Waals surface area contributed by atoms with Crippen LogP contribution in [-0.2, 0) is 6.54 Å². The average molecular weight is 428 g/mol. The van der Waals surface area contributed by atoms with Crippen molar-refractivity contribution in [3.63, 3.8) is 0 Å². The van der Waals surface area contributed by atoms with Crippen LogP contribution in [0.4, 0.5) is 4.39 Å². The maximum absolute atomic E-state index is 14.8. The van der Waals surface area contributed by atoms with Crippen molar-refractivity contribution in [1.29, 1.82) is 0 Å². The fourth-order valence-electron chi connectivity index (χ4n) is 4.33. The zero-order chi connectivity index (χ0) is 21.4. The van der Waals surface area contributed by atoms with Gasteiger partial charge in [0.05, 0.1) is 10.9 Å². The SMILES string of the molecule is Cc1ccc(-c2nn(CC3CCCC(Cl)CC3)c(=O)c3cc(C)c(C)cc23)c(F)n1. The number of alkyl halides is 1. The first-order valence-electron chi connectivity index (χ1n) is 10.6. The number of nitrogens with zero attached hydrogens (tertiary/aromatic N) is 3. The molecule has 158 valence electrons. The van der Waals surface area contributed by atoms with Gasteiger partial charge in [0.1, 0.15) is 5.69 Å². The third kappa shape index (κ3) is 4.13. The molecule has 4 nitrogen and oxygen atoms in total. The highest BCUT2D eigenvalue weighted by molar-refractivity contribution is 6.20. The van der Waals surface area contributed by atoms with Crippen LogP contribution >= 0.6 is 11.6 Å². The van der Waals surface area contributed by atoms with Crippen LogP contribution in [0.1, 0.15) is 48.9 Å². The second kappa shape index (κ2) is 8.46. The summed E-state index contributed by atoms with van der Waals surface area (Å²) >= 11 is 6.33. The second-order valence-corrected chi connectivity index (χ2v) is 9.20. The van der Waals surface area contributed by atoms with Crippen molar-refractivity contribution in [3.05, 3.63) is 57.4 Å². The van der Waals surface area contributed by atoms with Gasteiger partial charge in [0.25, 0.3) is 5.56 Å². The highest BCUT2D eigenvalue weighted by atomic mass is 35.5. The van der Waals surface area contributed by atoms with E-state index in [1.165, 1.54) is 4.68 Å². The van der Waals surface area contributed by atoms with E-state index in [2.05, 4.69) is 10.1 Å². The van der Waals surface area contributed by atoms with Gasteiger partial charge in [0.15, 0.2) is 0 Å². The number of rotatable bonds is 3. The molecule has 0 bridgehead atoms. The molecule has 3 aromatic rings. The lowest BCUT2D eigenvalue weighted by molar-refractivity contribution is 0.368. The molecule has 30 heavy (non-hydrogen) atoms. The molecule has 0 radical (unpaired) electrons. The van der Waals surface area contributed by atoms with Gasteiger partial charge in [-0.05, 0) is 87.8 Å². The molecular formula is C24H27ClFN3O. The van der Waals surface area contributed by atoms with Crippen LogP contribution in [0.3, 0.4) is 0 Å². The lowest BCUT2D eigenvalue weighted by Crippen LogP contribution is -2.27. The van der Waals surface area contributed by atoms with Crippen molar-refractivity contribution >= 4 is 22.4 Å².